The first-order chi connectivity index (χ1) is 12.1. The van der Waals surface area contributed by atoms with Crippen LogP contribution in [0.4, 0.5) is 5.69 Å². The van der Waals surface area contributed by atoms with Crippen LogP contribution in [0.1, 0.15) is 33.3 Å². The number of nitrogens with one attached hydrogen (secondary N) is 2. The van der Waals surface area contributed by atoms with Crippen molar-refractivity contribution < 1.29 is 13.2 Å². The molecule has 1 fully saturated rings. The molecule has 2 N–H and O–H groups in total. The van der Waals surface area contributed by atoms with Crippen molar-refractivity contribution in [1.82, 2.24) is 10.2 Å². The number of sulfone groups is 1. The van der Waals surface area contributed by atoms with Gasteiger partial charge in [0, 0.05) is 32.2 Å². The van der Waals surface area contributed by atoms with Crippen molar-refractivity contribution in [3.8, 4) is 0 Å². The molecule has 1 aliphatic rings. The fourth-order valence-corrected chi connectivity index (χ4v) is 4.23. The SMILES string of the molecule is CCNC(=NCc1cccc(NC(C)=O)c1)N1CCS(=O)(=O)C(C)(C)C1.I. The van der Waals surface area contributed by atoms with Crippen molar-refractivity contribution >= 4 is 51.4 Å². The monoisotopic (exact) mass is 508 g/mol. The zero-order valence-corrected chi connectivity index (χ0v) is 19.4. The third-order valence-corrected chi connectivity index (χ3v) is 6.87. The van der Waals surface area contributed by atoms with E-state index in [4.69, 9.17) is 0 Å². The molecule has 27 heavy (non-hydrogen) atoms. The highest BCUT2D eigenvalue weighted by Crippen LogP contribution is 2.24. The van der Waals surface area contributed by atoms with Gasteiger partial charge in [-0.2, -0.15) is 0 Å². The number of halogens is 1. The lowest BCUT2D eigenvalue weighted by molar-refractivity contribution is -0.114. The summed E-state index contributed by atoms with van der Waals surface area (Å²) >= 11 is 0. The van der Waals surface area contributed by atoms with E-state index in [0.29, 0.717) is 32.1 Å². The lowest BCUT2D eigenvalue weighted by atomic mass is 10.2. The summed E-state index contributed by atoms with van der Waals surface area (Å²) in [4.78, 5) is 17.9. The van der Waals surface area contributed by atoms with E-state index in [9.17, 15) is 13.2 Å². The quantitative estimate of drug-likeness (QED) is 0.370. The van der Waals surface area contributed by atoms with Crippen molar-refractivity contribution in [3.63, 3.8) is 0 Å². The summed E-state index contributed by atoms with van der Waals surface area (Å²) in [5.41, 5.74) is 1.70. The van der Waals surface area contributed by atoms with Crippen LogP contribution >= 0.6 is 24.0 Å². The van der Waals surface area contributed by atoms with Crippen molar-refractivity contribution in [1.29, 1.82) is 0 Å². The molecular formula is C18H29IN4O3S. The predicted octanol–water partition coefficient (Wildman–Crippen LogP) is 2.24. The predicted molar refractivity (Wildman–Crippen MR) is 120 cm³/mol. The summed E-state index contributed by atoms with van der Waals surface area (Å²) in [5, 5.41) is 6.01. The van der Waals surface area contributed by atoms with Gasteiger partial charge in [-0.05, 0) is 38.5 Å². The Morgan fingerprint density at radius 1 is 1.33 bits per heavy atom. The number of carbonyl (C=O) groups excluding carboxylic acids is 1. The Balaban J connectivity index is 0.00000364. The van der Waals surface area contributed by atoms with Crippen LogP contribution < -0.4 is 10.6 Å². The second kappa shape index (κ2) is 9.72. The highest BCUT2D eigenvalue weighted by Gasteiger charge is 2.40. The molecule has 1 amide bonds. The molecular weight excluding hydrogens is 479 g/mol. The van der Waals surface area contributed by atoms with E-state index in [2.05, 4.69) is 15.6 Å². The van der Waals surface area contributed by atoms with Gasteiger partial charge >= 0.3 is 0 Å². The molecule has 0 spiro atoms. The first-order valence-electron chi connectivity index (χ1n) is 8.77. The highest BCUT2D eigenvalue weighted by atomic mass is 127. The van der Waals surface area contributed by atoms with Crippen LogP contribution in [-0.2, 0) is 21.2 Å². The Hall–Kier alpha value is -1.36. The maximum atomic E-state index is 12.2. The lowest BCUT2D eigenvalue weighted by Crippen LogP contribution is -2.57. The molecule has 1 aromatic carbocycles. The van der Waals surface area contributed by atoms with E-state index in [0.717, 1.165) is 11.3 Å². The third-order valence-electron chi connectivity index (χ3n) is 4.34. The fourth-order valence-electron chi connectivity index (χ4n) is 2.87. The summed E-state index contributed by atoms with van der Waals surface area (Å²) in [6, 6.07) is 7.54. The van der Waals surface area contributed by atoms with E-state index in [-0.39, 0.29) is 35.6 Å². The zero-order valence-electron chi connectivity index (χ0n) is 16.3. The van der Waals surface area contributed by atoms with Crippen LogP contribution in [0.3, 0.4) is 0 Å². The Morgan fingerprint density at radius 3 is 2.63 bits per heavy atom. The first kappa shape index (κ1) is 23.7. The number of nitrogens with zero attached hydrogens (tertiary/aromatic N) is 2. The molecule has 0 saturated carbocycles. The van der Waals surface area contributed by atoms with Gasteiger partial charge in [-0.3, -0.25) is 4.79 Å². The Kier molecular flexibility index (Phi) is 8.52. The van der Waals surface area contributed by atoms with Gasteiger partial charge in [-0.15, -0.1) is 24.0 Å². The molecule has 0 bridgehead atoms. The number of carbonyl (C=O) groups is 1. The van der Waals surface area contributed by atoms with Gasteiger partial charge in [0.2, 0.25) is 5.91 Å². The van der Waals surface area contributed by atoms with Crippen molar-refractivity contribution in [2.24, 2.45) is 4.99 Å². The number of aliphatic imine (C=N–C) groups is 1. The maximum absolute atomic E-state index is 12.2. The molecule has 1 aromatic rings. The average Bonchev–Trinajstić information content (AvgIpc) is 2.54. The molecule has 9 heteroatoms. The Labute approximate surface area is 178 Å². The molecule has 152 valence electrons. The Morgan fingerprint density at radius 2 is 2.04 bits per heavy atom. The number of anilines is 1. The van der Waals surface area contributed by atoms with Gasteiger partial charge in [0.25, 0.3) is 0 Å². The number of guanidine groups is 1. The van der Waals surface area contributed by atoms with Gasteiger partial charge in [0.15, 0.2) is 15.8 Å². The van der Waals surface area contributed by atoms with Crippen LogP contribution in [0.2, 0.25) is 0 Å². The van der Waals surface area contributed by atoms with Crippen molar-refractivity contribution in [2.45, 2.75) is 39.0 Å². The fraction of sp³-hybridized carbons (Fsp3) is 0.556. The minimum Gasteiger partial charge on any atom is -0.357 e. The largest absolute Gasteiger partial charge is 0.357 e. The van der Waals surface area contributed by atoms with E-state index >= 15 is 0 Å². The van der Waals surface area contributed by atoms with E-state index in [1.54, 1.807) is 13.8 Å². The van der Waals surface area contributed by atoms with Gasteiger partial charge < -0.3 is 15.5 Å². The molecule has 1 aliphatic heterocycles. The van der Waals surface area contributed by atoms with Gasteiger partial charge in [-0.25, -0.2) is 13.4 Å². The van der Waals surface area contributed by atoms with Crippen LogP contribution in [0, 0.1) is 0 Å². The summed E-state index contributed by atoms with van der Waals surface area (Å²) in [6.45, 7) is 8.97. The number of hydrogen-bond acceptors (Lipinski definition) is 4. The molecule has 7 nitrogen and oxygen atoms in total. The minimum absolute atomic E-state index is 0. The van der Waals surface area contributed by atoms with Crippen LogP contribution in [0.5, 0.6) is 0 Å². The lowest BCUT2D eigenvalue weighted by Gasteiger charge is -2.39. The Bertz CT molecular complexity index is 794. The van der Waals surface area contributed by atoms with Gasteiger partial charge in [0.1, 0.15) is 0 Å². The number of hydrogen-bond donors (Lipinski definition) is 2. The number of benzene rings is 1. The maximum Gasteiger partial charge on any atom is 0.221 e. The summed E-state index contributed by atoms with van der Waals surface area (Å²) < 4.78 is 23.6. The van der Waals surface area contributed by atoms with Gasteiger partial charge in [-0.1, -0.05) is 12.1 Å². The molecule has 1 saturated heterocycles. The molecule has 0 aromatic heterocycles. The van der Waals surface area contributed by atoms with Crippen LogP contribution in [-0.4, -0.2) is 55.3 Å². The van der Waals surface area contributed by atoms with Crippen molar-refractivity contribution in [2.75, 3.05) is 30.7 Å². The van der Waals surface area contributed by atoms with Crippen molar-refractivity contribution in [3.05, 3.63) is 29.8 Å². The standard InChI is InChI=1S/C18H28N4O3S.HI/c1-5-19-17(22-9-10-26(24,25)18(3,4)13-22)20-12-15-7-6-8-16(11-15)21-14(2)23;/h6-8,11H,5,9-10,12-13H2,1-4H3,(H,19,20)(H,21,23);1H. The second-order valence-corrected chi connectivity index (χ2v) is 9.79. The van der Waals surface area contributed by atoms with E-state index in [1.165, 1.54) is 6.92 Å². The summed E-state index contributed by atoms with van der Waals surface area (Å²) in [6.07, 6.45) is 0. The number of rotatable bonds is 4. The highest BCUT2D eigenvalue weighted by molar-refractivity contribution is 14.0. The topological polar surface area (TPSA) is 90.9 Å². The zero-order chi connectivity index (χ0) is 19.4. The molecule has 2 rings (SSSR count). The summed E-state index contributed by atoms with van der Waals surface area (Å²) in [7, 11) is -3.09. The first-order valence-corrected chi connectivity index (χ1v) is 10.4. The molecule has 0 aliphatic carbocycles. The summed E-state index contributed by atoms with van der Waals surface area (Å²) in [5.74, 6) is 0.721. The number of amides is 1. The second-order valence-electron chi connectivity index (χ2n) is 7.05. The molecule has 0 radical (unpaired) electrons. The van der Waals surface area contributed by atoms with E-state index < -0.39 is 14.6 Å². The van der Waals surface area contributed by atoms with Crippen LogP contribution in [0.15, 0.2) is 29.3 Å². The van der Waals surface area contributed by atoms with Gasteiger partial charge in [0.05, 0.1) is 17.0 Å². The average molecular weight is 508 g/mol. The smallest absolute Gasteiger partial charge is 0.221 e. The minimum atomic E-state index is -3.09. The normalized spacial score (nSPS) is 18.4. The molecule has 1 heterocycles. The molecule has 0 atom stereocenters. The molecule has 0 unspecified atom stereocenters. The third kappa shape index (κ3) is 6.34. The van der Waals surface area contributed by atoms with Crippen LogP contribution in [0.25, 0.3) is 0 Å². The van der Waals surface area contributed by atoms with E-state index in [1.807, 2.05) is 36.1 Å².